The van der Waals surface area contributed by atoms with Crippen molar-refractivity contribution in [2.75, 3.05) is 30.3 Å². The Labute approximate surface area is 172 Å². The molecule has 4 N–H and O–H groups in total. The summed E-state index contributed by atoms with van der Waals surface area (Å²) >= 11 is 0. The van der Waals surface area contributed by atoms with Gasteiger partial charge >= 0.3 is 0 Å². The molecular formula is C22H24F3N3O2. The van der Waals surface area contributed by atoms with Crippen molar-refractivity contribution in [3.8, 4) is 11.3 Å². The van der Waals surface area contributed by atoms with Gasteiger partial charge in [0.1, 0.15) is 17.4 Å². The van der Waals surface area contributed by atoms with Crippen molar-refractivity contribution < 1.29 is 17.6 Å². The molecule has 0 atom stereocenters. The van der Waals surface area contributed by atoms with E-state index in [1.807, 2.05) is 6.92 Å². The number of hydrogen-bond donors (Lipinski definition) is 3. The zero-order chi connectivity index (χ0) is 21.7. The maximum Gasteiger partial charge on any atom is 0.195 e. The Kier molecular flexibility index (Phi) is 6.99. The molecule has 3 aromatic rings. The monoisotopic (exact) mass is 419 g/mol. The van der Waals surface area contributed by atoms with Gasteiger partial charge in [0.2, 0.25) is 0 Å². The Hall–Kier alpha value is -3.00. The van der Waals surface area contributed by atoms with E-state index in [2.05, 4.69) is 10.6 Å². The van der Waals surface area contributed by atoms with E-state index < -0.39 is 22.9 Å². The minimum absolute atomic E-state index is 0.00933. The van der Waals surface area contributed by atoms with Gasteiger partial charge in [0.05, 0.1) is 16.8 Å². The molecule has 1 heterocycles. The average Bonchev–Trinajstić information content (AvgIpc) is 2.71. The van der Waals surface area contributed by atoms with Crippen LogP contribution in [0.25, 0.3) is 22.3 Å². The van der Waals surface area contributed by atoms with Gasteiger partial charge in [-0.15, -0.1) is 0 Å². The fourth-order valence-electron chi connectivity index (χ4n) is 3.11. The van der Waals surface area contributed by atoms with Gasteiger partial charge in [-0.3, -0.25) is 4.79 Å². The minimum Gasteiger partial charge on any atom is -0.453 e. The molecular weight excluding hydrogens is 395 g/mol. The first kappa shape index (κ1) is 21.7. The molecule has 0 aliphatic heterocycles. The first-order valence-electron chi connectivity index (χ1n) is 9.89. The van der Waals surface area contributed by atoms with Crippen LogP contribution in [0.15, 0.2) is 39.5 Å². The van der Waals surface area contributed by atoms with Crippen LogP contribution < -0.4 is 21.8 Å². The minimum atomic E-state index is -0.997. The van der Waals surface area contributed by atoms with Crippen LogP contribution in [-0.4, -0.2) is 19.6 Å². The standard InChI is InChI=1S/C22H24F3N3O2/c1-2-3-8-28-21-15(24)11-16(25)22-20(21)18(29)12-19(30-22)13-5-6-17(14(23)10-13)27-9-4-7-26/h5-6,10-12,27-28H,2-4,7-9,26H2,1H3. The molecule has 0 unspecified atom stereocenters. The van der Waals surface area contributed by atoms with Crippen LogP contribution in [0.2, 0.25) is 0 Å². The second-order valence-electron chi connectivity index (χ2n) is 6.94. The second-order valence-corrected chi connectivity index (χ2v) is 6.94. The summed E-state index contributed by atoms with van der Waals surface area (Å²) in [5.74, 6) is -2.42. The Morgan fingerprint density at radius 2 is 1.73 bits per heavy atom. The highest BCUT2D eigenvalue weighted by Crippen LogP contribution is 2.31. The number of benzene rings is 2. The smallest absolute Gasteiger partial charge is 0.195 e. The zero-order valence-corrected chi connectivity index (χ0v) is 16.7. The van der Waals surface area contributed by atoms with E-state index in [0.717, 1.165) is 18.9 Å². The number of nitrogens with one attached hydrogen (secondary N) is 2. The molecule has 160 valence electrons. The molecule has 3 rings (SSSR count). The fraction of sp³-hybridized carbons (Fsp3) is 0.318. The summed E-state index contributed by atoms with van der Waals surface area (Å²) in [6.45, 7) is 3.40. The Morgan fingerprint density at radius 1 is 0.967 bits per heavy atom. The molecule has 0 spiro atoms. The SMILES string of the molecule is CCCCNc1c(F)cc(F)c2oc(-c3ccc(NCCCN)c(F)c3)cc(=O)c12. The lowest BCUT2D eigenvalue weighted by Gasteiger charge is -2.12. The summed E-state index contributed by atoms with van der Waals surface area (Å²) in [6.07, 6.45) is 2.31. The van der Waals surface area contributed by atoms with E-state index in [4.69, 9.17) is 10.2 Å². The van der Waals surface area contributed by atoms with Crippen molar-refractivity contribution in [3.05, 3.63) is 58.0 Å². The fourth-order valence-corrected chi connectivity index (χ4v) is 3.11. The van der Waals surface area contributed by atoms with Crippen molar-refractivity contribution in [1.29, 1.82) is 0 Å². The molecule has 30 heavy (non-hydrogen) atoms. The van der Waals surface area contributed by atoms with Crippen molar-refractivity contribution in [2.24, 2.45) is 5.73 Å². The highest BCUT2D eigenvalue weighted by molar-refractivity contribution is 5.91. The quantitative estimate of drug-likeness (QED) is 0.432. The van der Waals surface area contributed by atoms with Crippen molar-refractivity contribution in [1.82, 2.24) is 0 Å². The lowest BCUT2D eigenvalue weighted by molar-refractivity contribution is 0.545. The molecule has 0 amide bonds. The summed E-state index contributed by atoms with van der Waals surface area (Å²) in [5.41, 5.74) is 4.89. The first-order chi connectivity index (χ1) is 14.5. The van der Waals surface area contributed by atoms with E-state index in [0.29, 0.717) is 32.1 Å². The summed E-state index contributed by atoms with van der Waals surface area (Å²) in [6, 6.07) is 6.04. The van der Waals surface area contributed by atoms with E-state index in [1.54, 1.807) is 6.07 Å². The summed E-state index contributed by atoms with van der Waals surface area (Å²) in [5, 5.41) is 5.57. The highest BCUT2D eigenvalue weighted by atomic mass is 19.1. The zero-order valence-electron chi connectivity index (χ0n) is 16.7. The van der Waals surface area contributed by atoms with Crippen LogP contribution in [0.1, 0.15) is 26.2 Å². The molecule has 1 aromatic heterocycles. The number of unbranched alkanes of at least 4 members (excludes halogenated alkanes) is 1. The van der Waals surface area contributed by atoms with Gasteiger partial charge in [0.15, 0.2) is 16.8 Å². The van der Waals surface area contributed by atoms with Crippen molar-refractivity contribution in [2.45, 2.75) is 26.2 Å². The van der Waals surface area contributed by atoms with Crippen LogP contribution in [0.4, 0.5) is 24.5 Å². The molecule has 2 aromatic carbocycles. The number of anilines is 2. The summed E-state index contributed by atoms with van der Waals surface area (Å²) < 4.78 is 48.7. The summed E-state index contributed by atoms with van der Waals surface area (Å²) in [7, 11) is 0. The van der Waals surface area contributed by atoms with E-state index in [9.17, 15) is 18.0 Å². The maximum atomic E-state index is 14.4. The molecule has 0 aliphatic carbocycles. The third-order valence-corrected chi connectivity index (χ3v) is 4.69. The van der Waals surface area contributed by atoms with Crippen LogP contribution in [0, 0.1) is 17.5 Å². The van der Waals surface area contributed by atoms with E-state index in [1.165, 1.54) is 12.1 Å². The van der Waals surface area contributed by atoms with Crippen LogP contribution in [0.5, 0.6) is 0 Å². The molecule has 8 heteroatoms. The van der Waals surface area contributed by atoms with Gasteiger partial charge in [-0.2, -0.15) is 0 Å². The topological polar surface area (TPSA) is 80.3 Å². The Balaban J connectivity index is 2.02. The average molecular weight is 419 g/mol. The van der Waals surface area contributed by atoms with Crippen LogP contribution in [0.3, 0.4) is 0 Å². The largest absolute Gasteiger partial charge is 0.453 e. The molecule has 0 bridgehead atoms. The van der Waals surface area contributed by atoms with Gasteiger partial charge in [0.25, 0.3) is 0 Å². The van der Waals surface area contributed by atoms with Gasteiger partial charge in [-0.25, -0.2) is 13.2 Å². The third kappa shape index (κ3) is 4.59. The van der Waals surface area contributed by atoms with Crippen LogP contribution in [-0.2, 0) is 0 Å². The van der Waals surface area contributed by atoms with Gasteiger partial charge in [-0.1, -0.05) is 13.3 Å². The van der Waals surface area contributed by atoms with E-state index in [-0.39, 0.29) is 33.7 Å². The third-order valence-electron chi connectivity index (χ3n) is 4.69. The lowest BCUT2D eigenvalue weighted by Crippen LogP contribution is -2.11. The number of fused-ring (bicyclic) bond motifs is 1. The van der Waals surface area contributed by atoms with Crippen molar-refractivity contribution in [3.63, 3.8) is 0 Å². The van der Waals surface area contributed by atoms with Crippen LogP contribution >= 0.6 is 0 Å². The maximum absolute atomic E-state index is 14.4. The predicted molar refractivity (Wildman–Crippen MR) is 113 cm³/mol. The first-order valence-corrected chi connectivity index (χ1v) is 9.89. The van der Waals surface area contributed by atoms with Gasteiger partial charge < -0.3 is 20.8 Å². The molecule has 0 radical (unpaired) electrons. The molecule has 0 aliphatic rings. The normalized spacial score (nSPS) is 11.1. The lowest BCUT2D eigenvalue weighted by atomic mass is 10.1. The second kappa shape index (κ2) is 9.67. The van der Waals surface area contributed by atoms with Gasteiger partial charge in [-0.05, 0) is 37.6 Å². The number of halogens is 3. The molecule has 0 saturated heterocycles. The number of nitrogens with two attached hydrogens (primary N) is 1. The molecule has 0 saturated carbocycles. The number of rotatable bonds is 9. The Morgan fingerprint density at radius 3 is 2.43 bits per heavy atom. The predicted octanol–water partition coefficient (Wildman–Crippen LogP) is 4.85. The molecule has 5 nitrogen and oxygen atoms in total. The Bertz CT molecular complexity index is 1100. The van der Waals surface area contributed by atoms with Crippen molar-refractivity contribution >= 4 is 22.3 Å². The number of hydrogen-bond acceptors (Lipinski definition) is 5. The van der Waals surface area contributed by atoms with E-state index >= 15 is 0 Å². The summed E-state index contributed by atoms with van der Waals surface area (Å²) in [4.78, 5) is 12.7. The molecule has 0 fully saturated rings. The van der Waals surface area contributed by atoms with Gasteiger partial charge in [0, 0.05) is 30.8 Å². The highest BCUT2D eigenvalue weighted by Gasteiger charge is 2.19.